The summed E-state index contributed by atoms with van der Waals surface area (Å²) in [4.78, 5) is -0.441. The molecule has 1 saturated carbocycles. The highest BCUT2D eigenvalue weighted by Crippen LogP contribution is 2.29. The van der Waals surface area contributed by atoms with Crippen LogP contribution in [-0.4, -0.2) is 27.2 Å². The number of hydrogen-bond donors (Lipinski definition) is 2. The predicted octanol–water partition coefficient (Wildman–Crippen LogP) is 2.02. The summed E-state index contributed by atoms with van der Waals surface area (Å²) in [6, 6.07) is 2.21. The number of nitrogens with one attached hydrogen (secondary N) is 1. The molecule has 0 heterocycles. The van der Waals surface area contributed by atoms with Crippen LogP contribution in [0.4, 0.5) is 10.1 Å². The molecule has 20 heavy (non-hydrogen) atoms. The lowest BCUT2D eigenvalue weighted by atomic mass is 9.90. The Kier molecular flexibility index (Phi) is 4.68. The number of rotatable bonds is 5. The molecule has 0 saturated heterocycles. The molecule has 0 bridgehead atoms. The van der Waals surface area contributed by atoms with Gasteiger partial charge < -0.3 is 10.5 Å². The normalized spacial score (nSPS) is 22.6. The molecule has 0 aromatic heterocycles. The number of ether oxygens (including phenoxy) is 1. The average molecular weight is 367 g/mol. The highest BCUT2D eigenvalue weighted by molar-refractivity contribution is 9.10. The zero-order chi connectivity index (χ0) is 14.9. The van der Waals surface area contributed by atoms with Gasteiger partial charge in [0.1, 0.15) is 4.90 Å². The lowest BCUT2D eigenvalue weighted by molar-refractivity contribution is -0.00476. The Balaban J connectivity index is 2.12. The SMILES string of the molecule is CCOC1CC(NS(=O)(=O)c2cc(N)cc(Br)c2F)C1. The monoisotopic (exact) mass is 366 g/mol. The van der Waals surface area contributed by atoms with E-state index in [1.807, 2.05) is 6.92 Å². The first-order valence-electron chi connectivity index (χ1n) is 6.22. The van der Waals surface area contributed by atoms with E-state index < -0.39 is 20.7 Å². The van der Waals surface area contributed by atoms with Crippen molar-refractivity contribution in [3.63, 3.8) is 0 Å². The molecular weight excluding hydrogens is 351 g/mol. The smallest absolute Gasteiger partial charge is 0.243 e. The van der Waals surface area contributed by atoms with Crippen molar-refractivity contribution in [2.24, 2.45) is 0 Å². The molecule has 1 fully saturated rings. The first kappa shape index (κ1) is 15.7. The van der Waals surface area contributed by atoms with Crippen molar-refractivity contribution in [2.45, 2.75) is 36.8 Å². The van der Waals surface area contributed by atoms with Gasteiger partial charge in [-0.2, -0.15) is 0 Å². The van der Waals surface area contributed by atoms with Crippen LogP contribution in [0.5, 0.6) is 0 Å². The summed E-state index contributed by atoms with van der Waals surface area (Å²) in [5.41, 5.74) is 5.74. The van der Waals surface area contributed by atoms with E-state index in [0.29, 0.717) is 19.4 Å². The van der Waals surface area contributed by atoms with Gasteiger partial charge in [-0.1, -0.05) is 0 Å². The lowest BCUT2D eigenvalue weighted by Gasteiger charge is -2.35. The maximum atomic E-state index is 13.9. The first-order valence-corrected chi connectivity index (χ1v) is 8.49. The van der Waals surface area contributed by atoms with Crippen LogP contribution in [0.25, 0.3) is 0 Å². The molecule has 1 aliphatic carbocycles. The van der Waals surface area contributed by atoms with Gasteiger partial charge in [0.2, 0.25) is 10.0 Å². The summed E-state index contributed by atoms with van der Waals surface area (Å²) >= 11 is 2.95. The van der Waals surface area contributed by atoms with Crippen molar-refractivity contribution < 1.29 is 17.5 Å². The fourth-order valence-electron chi connectivity index (χ4n) is 2.10. The molecule has 0 spiro atoms. The van der Waals surface area contributed by atoms with Gasteiger partial charge in [0, 0.05) is 18.3 Å². The topological polar surface area (TPSA) is 81.4 Å². The summed E-state index contributed by atoms with van der Waals surface area (Å²) in [7, 11) is -3.92. The van der Waals surface area contributed by atoms with Gasteiger partial charge in [-0.15, -0.1) is 0 Å². The van der Waals surface area contributed by atoms with Crippen molar-refractivity contribution in [2.75, 3.05) is 12.3 Å². The van der Waals surface area contributed by atoms with E-state index in [0.717, 1.165) is 6.07 Å². The van der Waals surface area contributed by atoms with Crippen molar-refractivity contribution in [1.82, 2.24) is 4.72 Å². The van der Waals surface area contributed by atoms with Crippen molar-refractivity contribution in [1.29, 1.82) is 0 Å². The second-order valence-electron chi connectivity index (χ2n) is 4.68. The minimum Gasteiger partial charge on any atom is -0.399 e. The summed E-state index contributed by atoms with van der Waals surface area (Å²) in [6.07, 6.45) is 1.27. The Morgan fingerprint density at radius 2 is 2.15 bits per heavy atom. The fraction of sp³-hybridized carbons (Fsp3) is 0.500. The van der Waals surface area contributed by atoms with Crippen LogP contribution in [0.1, 0.15) is 19.8 Å². The summed E-state index contributed by atoms with van der Waals surface area (Å²) < 4.78 is 46.1. The van der Waals surface area contributed by atoms with E-state index in [4.69, 9.17) is 10.5 Å². The third-order valence-electron chi connectivity index (χ3n) is 3.13. The number of hydrogen-bond acceptors (Lipinski definition) is 4. The van der Waals surface area contributed by atoms with Crippen LogP contribution < -0.4 is 10.5 Å². The van der Waals surface area contributed by atoms with Crippen LogP contribution in [0.3, 0.4) is 0 Å². The highest BCUT2D eigenvalue weighted by atomic mass is 79.9. The Labute approximate surface area is 125 Å². The van der Waals surface area contributed by atoms with E-state index >= 15 is 0 Å². The van der Waals surface area contributed by atoms with Crippen molar-refractivity contribution in [3.8, 4) is 0 Å². The Morgan fingerprint density at radius 1 is 1.50 bits per heavy atom. The van der Waals surface area contributed by atoms with Crippen LogP contribution in [0.2, 0.25) is 0 Å². The average Bonchev–Trinajstić information content (AvgIpc) is 2.31. The molecule has 1 aromatic carbocycles. The maximum absolute atomic E-state index is 13.9. The van der Waals surface area contributed by atoms with Crippen LogP contribution in [0.15, 0.2) is 21.5 Å². The molecule has 3 N–H and O–H groups in total. The number of nitrogens with two attached hydrogens (primary N) is 1. The minimum atomic E-state index is -3.92. The van der Waals surface area contributed by atoms with E-state index in [1.165, 1.54) is 6.07 Å². The summed E-state index contributed by atoms with van der Waals surface area (Å²) in [5, 5.41) is 0. The molecular formula is C12H16BrFN2O3S. The van der Waals surface area contributed by atoms with Crippen molar-refractivity contribution >= 4 is 31.6 Å². The fourth-order valence-corrected chi connectivity index (χ4v) is 4.10. The first-order chi connectivity index (χ1) is 9.33. The van der Waals surface area contributed by atoms with Gasteiger partial charge in [-0.25, -0.2) is 17.5 Å². The Morgan fingerprint density at radius 3 is 2.75 bits per heavy atom. The predicted molar refractivity (Wildman–Crippen MR) is 77.3 cm³/mol. The van der Waals surface area contributed by atoms with E-state index in [1.54, 1.807) is 0 Å². The van der Waals surface area contributed by atoms with Crippen molar-refractivity contribution in [3.05, 3.63) is 22.4 Å². The van der Waals surface area contributed by atoms with E-state index in [9.17, 15) is 12.8 Å². The number of halogens is 2. The van der Waals surface area contributed by atoms with Gasteiger partial charge in [0.05, 0.1) is 10.6 Å². The zero-order valence-electron chi connectivity index (χ0n) is 10.9. The zero-order valence-corrected chi connectivity index (χ0v) is 13.3. The number of anilines is 1. The second-order valence-corrected chi connectivity index (χ2v) is 7.22. The number of nitrogen functional groups attached to an aromatic ring is 1. The molecule has 8 heteroatoms. The molecule has 0 atom stereocenters. The standard InChI is InChI=1S/C12H16BrFN2O3S/c1-2-19-9-5-8(6-9)16-20(17,18)11-4-7(15)3-10(13)12(11)14/h3-4,8-9,16H,2,5-6,15H2,1H3. The molecule has 112 valence electrons. The summed E-state index contributed by atoms with van der Waals surface area (Å²) in [5.74, 6) is -0.840. The molecule has 0 unspecified atom stereocenters. The molecule has 1 aliphatic rings. The maximum Gasteiger partial charge on any atom is 0.243 e. The molecule has 5 nitrogen and oxygen atoms in total. The van der Waals surface area contributed by atoms with Crippen LogP contribution in [0, 0.1) is 5.82 Å². The van der Waals surface area contributed by atoms with E-state index in [2.05, 4.69) is 20.7 Å². The summed E-state index contributed by atoms with van der Waals surface area (Å²) in [6.45, 7) is 2.48. The third kappa shape index (κ3) is 3.30. The minimum absolute atomic E-state index is 0.0266. The van der Waals surface area contributed by atoms with Gasteiger partial charge in [0.15, 0.2) is 5.82 Å². The molecule has 2 rings (SSSR count). The van der Waals surface area contributed by atoms with E-state index in [-0.39, 0.29) is 22.3 Å². The molecule has 0 radical (unpaired) electrons. The largest absolute Gasteiger partial charge is 0.399 e. The lowest BCUT2D eigenvalue weighted by Crippen LogP contribution is -2.47. The third-order valence-corrected chi connectivity index (χ3v) is 5.22. The van der Waals surface area contributed by atoms with Gasteiger partial charge in [-0.05, 0) is 47.8 Å². The van der Waals surface area contributed by atoms with Gasteiger partial charge in [-0.3, -0.25) is 0 Å². The Hall–Kier alpha value is -0.700. The van der Waals surface area contributed by atoms with Gasteiger partial charge >= 0.3 is 0 Å². The second kappa shape index (κ2) is 5.97. The molecule has 1 aromatic rings. The number of sulfonamides is 1. The molecule has 0 aliphatic heterocycles. The number of benzene rings is 1. The van der Waals surface area contributed by atoms with Crippen LogP contribution >= 0.6 is 15.9 Å². The van der Waals surface area contributed by atoms with Gasteiger partial charge in [0.25, 0.3) is 0 Å². The highest BCUT2D eigenvalue weighted by Gasteiger charge is 2.34. The Bertz CT molecular complexity index is 603. The quantitative estimate of drug-likeness (QED) is 0.781. The van der Waals surface area contributed by atoms with Crippen LogP contribution in [-0.2, 0) is 14.8 Å². The molecule has 0 amide bonds.